The van der Waals surface area contributed by atoms with E-state index < -0.39 is 18.0 Å². The minimum atomic E-state index is -4.31. The number of allylic oxidation sites excluding steroid dienone is 2. The molecule has 0 saturated heterocycles. The molecule has 1 N–H and O–H groups in total. The second-order valence-corrected chi connectivity index (χ2v) is 3.21. The SMILES string of the molecule is CC(C)C1N=CC=C(C(F)(F)F)N1. The molecule has 1 unspecified atom stereocenters. The first-order valence-corrected chi connectivity index (χ1v) is 3.98. The molecule has 5 heteroatoms. The third kappa shape index (κ3) is 2.47. The summed E-state index contributed by atoms with van der Waals surface area (Å²) in [6, 6.07) is 0. The fourth-order valence-corrected chi connectivity index (χ4v) is 0.970. The normalized spacial score (nSPS) is 22.9. The van der Waals surface area contributed by atoms with Crippen molar-refractivity contribution in [2.75, 3.05) is 0 Å². The van der Waals surface area contributed by atoms with Gasteiger partial charge in [-0.2, -0.15) is 13.2 Å². The number of rotatable bonds is 1. The molecule has 0 bridgehead atoms. The van der Waals surface area contributed by atoms with E-state index in [0.717, 1.165) is 6.08 Å². The van der Waals surface area contributed by atoms with Crippen molar-refractivity contribution in [2.45, 2.75) is 26.2 Å². The average molecular weight is 192 g/mol. The van der Waals surface area contributed by atoms with Crippen molar-refractivity contribution in [3.63, 3.8) is 0 Å². The second-order valence-electron chi connectivity index (χ2n) is 3.21. The van der Waals surface area contributed by atoms with Crippen LogP contribution >= 0.6 is 0 Å². The molecule has 1 aliphatic rings. The zero-order chi connectivity index (χ0) is 10.1. The topological polar surface area (TPSA) is 24.4 Å². The van der Waals surface area contributed by atoms with Crippen molar-refractivity contribution in [1.82, 2.24) is 5.32 Å². The van der Waals surface area contributed by atoms with Crippen LogP contribution in [0.4, 0.5) is 13.2 Å². The van der Waals surface area contributed by atoms with Gasteiger partial charge in [-0.1, -0.05) is 13.8 Å². The van der Waals surface area contributed by atoms with Gasteiger partial charge in [0.2, 0.25) is 0 Å². The lowest BCUT2D eigenvalue weighted by atomic mass is 10.1. The first-order chi connectivity index (χ1) is 5.91. The lowest BCUT2D eigenvalue weighted by Crippen LogP contribution is -2.39. The van der Waals surface area contributed by atoms with E-state index in [4.69, 9.17) is 0 Å². The van der Waals surface area contributed by atoms with Gasteiger partial charge in [0.1, 0.15) is 11.9 Å². The molecule has 1 rings (SSSR count). The number of aliphatic imine (C=N–C) groups is 1. The van der Waals surface area contributed by atoms with Crippen LogP contribution in [0, 0.1) is 5.92 Å². The van der Waals surface area contributed by atoms with E-state index in [1.807, 2.05) is 13.8 Å². The fourth-order valence-electron chi connectivity index (χ4n) is 0.970. The van der Waals surface area contributed by atoms with Gasteiger partial charge in [0.15, 0.2) is 0 Å². The highest BCUT2D eigenvalue weighted by atomic mass is 19.4. The van der Waals surface area contributed by atoms with Crippen LogP contribution in [0.5, 0.6) is 0 Å². The number of alkyl halides is 3. The third-order valence-electron chi connectivity index (χ3n) is 1.73. The summed E-state index contributed by atoms with van der Waals surface area (Å²) < 4.78 is 36.6. The molecule has 0 radical (unpaired) electrons. The number of hydrogen-bond acceptors (Lipinski definition) is 2. The van der Waals surface area contributed by atoms with Crippen molar-refractivity contribution in [3.05, 3.63) is 11.8 Å². The molecule has 0 aromatic heterocycles. The van der Waals surface area contributed by atoms with E-state index in [0.29, 0.717) is 0 Å². The molecule has 0 aromatic carbocycles. The van der Waals surface area contributed by atoms with Crippen LogP contribution in [0.2, 0.25) is 0 Å². The summed E-state index contributed by atoms with van der Waals surface area (Å²) in [6.07, 6.45) is -2.63. The summed E-state index contributed by atoms with van der Waals surface area (Å²) in [6.45, 7) is 3.63. The molecular formula is C8H11F3N2. The molecule has 0 fully saturated rings. The number of halogens is 3. The Kier molecular flexibility index (Phi) is 2.63. The van der Waals surface area contributed by atoms with E-state index in [2.05, 4.69) is 10.3 Å². The third-order valence-corrected chi connectivity index (χ3v) is 1.73. The Bertz CT molecular complexity index is 240. The van der Waals surface area contributed by atoms with Gasteiger partial charge in [-0.3, -0.25) is 4.99 Å². The Balaban J connectivity index is 2.72. The van der Waals surface area contributed by atoms with E-state index in [-0.39, 0.29) is 5.92 Å². The Morgan fingerprint density at radius 1 is 1.46 bits per heavy atom. The van der Waals surface area contributed by atoms with Gasteiger partial charge in [-0.15, -0.1) is 0 Å². The Morgan fingerprint density at radius 3 is 2.54 bits per heavy atom. The predicted molar refractivity (Wildman–Crippen MR) is 44.4 cm³/mol. The zero-order valence-electron chi connectivity index (χ0n) is 7.39. The molecule has 2 nitrogen and oxygen atoms in total. The van der Waals surface area contributed by atoms with Crippen LogP contribution < -0.4 is 5.32 Å². The summed E-state index contributed by atoms with van der Waals surface area (Å²) in [5.41, 5.74) is -0.721. The molecule has 0 saturated carbocycles. The second kappa shape index (κ2) is 3.40. The van der Waals surface area contributed by atoms with Crippen LogP contribution in [0.3, 0.4) is 0 Å². The summed E-state index contributed by atoms with van der Waals surface area (Å²) in [5.74, 6) is 0.0438. The molecule has 0 aromatic rings. The quantitative estimate of drug-likeness (QED) is 0.675. The highest BCUT2D eigenvalue weighted by Gasteiger charge is 2.36. The standard InChI is InChI=1S/C8H11F3N2/c1-5(2)7-12-4-3-6(13-7)8(9,10)11/h3-5,7,13H,1-2H3. The molecule has 1 atom stereocenters. The van der Waals surface area contributed by atoms with Crippen molar-refractivity contribution in [3.8, 4) is 0 Å². The highest BCUT2D eigenvalue weighted by molar-refractivity contribution is 5.73. The fraction of sp³-hybridized carbons (Fsp3) is 0.625. The molecule has 1 aliphatic heterocycles. The van der Waals surface area contributed by atoms with Gasteiger partial charge < -0.3 is 5.32 Å². The summed E-state index contributed by atoms with van der Waals surface area (Å²) in [5, 5.41) is 2.33. The minimum Gasteiger partial charge on any atom is -0.360 e. The molecular weight excluding hydrogens is 181 g/mol. The summed E-state index contributed by atoms with van der Waals surface area (Å²) in [4.78, 5) is 3.88. The van der Waals surface area contributed by atoms with Crippen LogP contribution in [-0.4, -0.2) is 18.6 Å². The maximum Gasteiger partial charge on any atom is 0.431 e. The van der Waals surface area contributed by atoms with Crippen molar-refractivity contribution in [2.24, 2.45) is 10.9 Å². The average Bonchev–Trinajstić information content (AvgIpc) is 2.03. The van der Waals surface area contributed by atoms with Crippen molar-refractivity contribution in [1.29, 1.82) is 0 Å². The molecule has 0 amide bonds. The van der Waals surface area contributed by atoms with Crippen LogP contribution in [0.25, 0.3) is 0 Å². The van der Waals surface area contributed by atoms with E-state index in [1.165, 1.54) is 6.21 Å². The van der Waals surface area contributed by atoms with Gasteiger partial charge in [0, 0.05) is 6.21 Å². The number of nitrogens with zero attached hydrogens (tertiary/aromatic N) is 1. The van der Waals surface area contributed by atoms with Crippen LogP contribution in [0.1, 0.15) is 13.8 Å². The zero-order valence-corrected chi connectivity index (χ0v) is 7.39. The molecule has 0 aliphatic carbocycles. The number of nitrogens with one attached hydrogen (secondary N) is 1. The monoisotopic (exact) mass is 192 g/mol. The largest absolute Gasteiger partial charge is 0.431 e. The predicted octanol–water partition coefficient (Wildman–Crippen LogP) is 2.09. The van der Waals surface area contributed by atoms with Gasteiger partial charge in [0.05, 0.1) is 0 Å². The Hall–Kier alpha value is -1.00. The maximum atomic E-state index is 12.2. The smallest absolute Gasteiger partial charge is 0.360 e. The molecule has 0 spiro atoms. The van der Waals surface area contributed by atoms with Crippen LogP contribution in [0.15, 0.2) is 16.8 Å². The van der Waals surface area contributed by atoms with E-state index in [1.54, 1.807) is 0 Å². The van der Waals surface area contributed by atoms with Gasteiger partial charge in [0.25, 0.3) is 0 Å². The Morgan fingerprint density at radius 2 is 2.08 bits per heavy atom. The van der Waals surface area contributed by atoms with Gasteiger partial charge in [-0.05, 0) is 12.0 Å². The highest BCUT2D eigenvalue weighted by Crippen LogP contribution is 2.25. The first kappa shape index (κ1) is 10.1. The first-order valence-electron chi connectivity index (χ1n) is 3.98. The minimum absolute atomic E-state index is 0.0438. The summed E-state index contributed by atoms with van der Waals surface area (Å²) in [7, 11) is 0. The van der Waals surface area contributed by atoms with Gasteiger partial charge >= 0.3 is 6.18 Å². The lowest BCUT2D eigenvalue weighted by molar-refractivity contribution is -0.0982. The Labute approximate surface area is 74.5 Å². The van der Waals surface area contributed by atoms with Crippen molar-refractivity contribution < 1.29 is 13.2 Å². The summed E-state index contributed by atoms with van der Waals surface area (Å²) >= 11 is 0. The van der Waals surface area contributed by atoms with E-state index in [9.17, 15) is 13.2 Å². The molecule has 74 valence electrons. The molecule has 13 heavy (non-hydrogen) atoms. The lowest BCUT2D eigenvalue weighted by Gasteiger charge is -2.24. The maximum absolute atomic E-state index is 12.2. The van der Waals surface area contributed by atoms with Crippen LogP contribution in [-0.2, 0) is 0 Å². The van der Waals surface area contributed by atoms with Crippen molar-refractivity contribution >= 4 is 6.21 Å². The molecule has 1 heterocycles. The van der Waals surface area contributed by atoms with Gasteiger partial charge in [-0.25, -0.2) is 0 Å². The van der Waals surface area contributed by atoms with E-state index >= 15 is 0 Å². The number of hydrogen-bond donors (Lipinski definition) is 1.